The van der Waals surface area contributed by atoms with Gasteiger partial charge in [-0.1, -0.05) is 30.3 Å². The Labute approximate surface area is 114 Å². The lowest BCUT2D eigenvalue weighted by Crippen LogP contribution is -2.09. The van der Waals surface area contributed by atoms with Crippen molar-refractivity contribution in [1.29, 1.82) is 0 Å². The maximum Gasteiger partial charge on any atom is 0.128 e. The van der Waals surface area contributed by atoms with Crippen LogP contribution in [0, 0.1) is 9.39 Å². The SMILES string of the molecule is CC(Nc1ccccc1I)c1ccccc1F. The fourth-order valence-corrected chi connectivity index (χ4v) is 2.26. The molecule has 0 heterocycles. The highest BCUT2D eigenvalue weighted by Gasteiger charge is 2.10. The summed E-state index contributed by atoms with van der Waals surface area (Å²) in [6.07, 6.45) is 0. The summed E-state index contributed by atoms with van der Waals surface area (Å²) in [7, 11) is 0. The number of hydrogen-bond donors (Lipinski definition) is 1. The molecule has 17 heavy (non-hydrogen) atoms. The lowest BCUT2D eigenvalue weighted by molar-refractivity contribution is 0.600. The predicted molar refractivity (Wildman–Crippen MR) is 77.6 cm³/mol. The van der Waals surface area contributed by atoms with Gasteiger partial charge in [-0.25, -0.2) is 4.39 Å². The second-order valence-electron chi connectivity index (χ2n) is 3.87. The summed E-state index contributed by atoms with van der Waals surface area (Å²) in [6, 6.07) is 14.8. The summed E-state index contributed by atoms with van der Waals surface area (Å²) in [5, 5.41) is 3.32. The molecule has 2 rings (SSSR count). The third-order valence-electron chi connectivity index (χ3n) is 2.62. The van der Waals surface area contributed by atoms with Gasteiger partial charge in [0.25, 0.3) is 0 Å². The number of rotatable bonds is 3. The van der Waals surface area contributed by atoms with Gasteiger partial charge in [0.15, 0.2) is 0 Å². The van der Waals surface area contributed by atoms with E-state index in [0.29, 0.717) is 5.56 Å². The van der Waals surface area contributed by atoms with Crippen LogP contribution in [0.2, 0.25) is 0 Å². The van der Waals surface area contributed by atoms with E-state index in [-0.39, 0.29) is 11.9 Å². The molecule has 0 aliphatic carbocycles. The van der Waals surface area contributed by atoms with Crippen molar-refractivity contribution >= 4 is 28.3 Å². The molecule has 2 aromatic carbocycles. The molecule has 0 bridgehead atoms. The summed E-state index contributed by atoms with van der Waals surface area (Å²) in [6.45, 7) is 1.96. The Balaban J connectivity index is 2.20. The van der Waals surface area contributed by atoms with Crippen molar-refractivity contribution in [3.05, 3.63) is 63.5 Å². The molecule has 0 saturated carbocycles. The second kappa shape index (κ2) is 5.49. The van der Waals surface area contributed by atoms with Gasteiger partial charge in [0.2, 0.25) is 0 Å². The molecule has 0 saturated heterocycles. The Hall–Kier alpha value is -1.10. The maximum atomic E-state index is 13.6. The van der Waals surface area contributed by atoms with E-state index in [2.05, 4.69) is 27.9 Å². The summed E-state index contributed by atoms with van der Waals surface area (Å²) in [5.41, 5.74) is 1.72. The van der Waals surface area contributed by atoms with Crippen molar-refractivity contribution in [1.82, 2.24) is 0 Å². The highest BCUT2D eigenvalue weighted by atomic mass is 127. The molecule has 2 aromatic rings. The smallest absolute Gasteiger partial charge is 0.128 e. The quantitative estimate of drug-likeness (QED) is 0.805. The van der Waals surface area contributed by atoms with Gasteiger partial charge in [0.1, 0.15) is 5.82 Å². The average molecular weight is 341 g/mol. The Kier molecular flexibility index (Phi) is 3.99. The zero-order valence-electron chi connectivity index (χ0n) is 9.45. The molecule has 1 unspecified atom stereocenters. The molecular weight excluding hydrogens is 328 g/mol. The van der Waals surface area contributed by atoms with Crippen LogP contribution < -0.4 is 5.32 Å². The van der Waals surface area contributed by atoms with Gasteiger partial charge in [-0.05, 0) is 47.7 Å². The molecule has 0 aliphatic heterocycles. The molecule has 88 valence electrons. The van der Waals surface area contributed by atoms with Crippen LogP contribution in [-0.4, -0.2) is 0 Å². The fourth-order valence-electron chi connectivity index (χ4n) is 1.72. The van der Waals surface area contributed by atoms with Gasteiger partial charge < -0.3 is 5.32 Å². The largest absolute Gasteiger partial charge is 0.378 e. The normalized spacial score (nSPS) is 12.2. The van der Waals surface area contributed by atoms with E-state index in [1.165, 1.54) is 6.07 Å². The van der Waals surface area contributed by atoms with Crippen molar-refractivity contribution in [3.8, 4) is 0 Å². The second-order valence-corrected chi connectivity index (χ2v) is 5.03. The third kappa shape index (κ3) is 2.97. The molecule has 1 atom stereocenters. The topological polar surface area (TPSA) is 12.0 Å². The molecule has 0 aromatic heterocycles. The summed E-state index contributed by atoms with van der Waals surface area (Å²) in [4.78, 5) is 0. The highest BCUT2D eigenvalue weighted by molar-refractivity contribution is 14.1. The van der Waals surface area contributed by atoms with Crippen molar-refractivity contribution in [2.75, 3.05) is 5.32 Å². The number of nitrogens with one attached hydrogen (secondary N) is 1. The van der Waals surface area contributed by atoms with Gasteiger partial charge in [-0.2, -0.15) is 0 Å². The van der Waals surface area contributed by atoms with E-state index < -0.39 is 0 Å². The van der Waals surface area contributed by atoms with Crippen LogP contribution >= 0.6 is 22.6 Å². The van der Waals surface area contributed by atoms with Crippen LogP contribution in [0.4, 0.5) is 10.1 Å². The molecular formula is C14H13FIN. The first-order valence-corrected chi connectivity index (χ1v) is 6.52. The van der Waals surface area contributed by atoms with Gasteiger partial charge >= 0.3 is 0 Å². The number of benzene rings is 2. The van der Waals surface area contributed by atoms with Gasteiger partial charge in [-0.3, -0.25) is 0 Å². The standard InChI is InChI=1S/C14H13FIN/c1-10(11-6-2-3-7-12(11)15)17-14-9-5-4-8-13(14)16/h2-10,17H,1H3. The third-order valence-corrected chi connectivity index (χ3v) is 3.56. The van der Waals surface area contributed by atoms with Crippen LogP contribution in [0.15, 0.2) is 48.5 Å². The number of halogens is 2. The van der Waals surface area contributed by atoms with Crippen LogP contribution in [-0.2, 0) is 0 Å². The van der Waals surface area contributed by atoms with Gasteiger partial charge in [0, 0.05) is 14.8 Å². The molecule has 0 fully saturated rings. The Morgan fingerprint density at radius 1 is 1.06 bits per heavy atom. The fraction of sp³-hybridized carbons (Fsp3) is 0.143. The number of anilines is 1. The Morgan fingerprint density at radius 3 is 2.41 bits per heavy atom. The lowest BCUT2D eigenvalue weighted by Gasteiger charge is -2.17. The average Bonchev–Trinajstić information content (AvgIpc) is 2.32. The zero-order valence-corrected chi connectivity index (χ0v) is 11.6. The van der Waals surface area contributed by atoms with Crippen molar-refractivity contribution in [2.45, 2.75) is 13.0 Å². The minimum Gasteiger partial charge on any atom is -0.378 e. The molecule has 0 spiro atoms. The van der Waals surface area contributed by atoms with Crippen LogP contribution in [0.3, 0.4) is 0 Å². The molecule has 0 radical (unpaired) electrons. The highest BCUT2D eigenvalue weighted by Crippen LogP contribution is 2.24. The van der Waals surface area contributed by atoms with E-state index in [0.717, 1.165) is 9.26 Å². The molecule has 0 amide bonds. The lowest BCUT2D eigenvalue weighted by atomic mass is 10.1. The first kappa shape index (κ1) is 12.4. The van der Waals surface area contributed by atoms with E-state index in [1.807, 2.05) is 43.3 Å². The first-order valence-electron chi connectivity index (χ1n) is 5.44. The summed E-state index contributed by atoms with van der Waals surface area (Å²) in [5.74, 6) is -0.168. The summed E-state index contributed by atoms with van der Waals surface area (Å²) < 4.78 is 14.7. The van der Waals surface area contributed by atoms with E-state index in [9.17, 15) is 4.39 Å². The van der Waals surface area contributed by atoms with Crippen molar-refractivity contribution in [2.24, 2.45) is 0 Å². The van der Waals surface area contributed by atoms with Crippen LogP contribution in [0.1, 0.15) is 18.5 Å². The van der Waals surface area contributed by atoms with Crippen molar-refractivity contribution in [3.63, 3.8) is 0 Å². The number of para-hydroxylation sites is 1. The minimum atomic E-state index is -0.168. The van der Waals surface area contributed by atoms with Crippen molar-refractivity contribution < 1.29 is 4.39 Å². The van der Waals surface area contributed by atoms with E-state index in [1.54, 1.807) is 6.07 Å². The predicted octanol–water partition coefficient (Wildman–Crippen LogP) is 4.60. The molecule has 0 aliphatic rings. The van der Waals surface area contributed by atoms with Crippen LogP contribution in [0.25, 0.3) is 0 Å². The van der Waals surface area contributed by atoms with Crippen LogP contribution in [0.5, 0.6) is 0 Å². The monoisotopic (exact) mass is 341 g/mol. The Bertz CT molecular complexity index is 513. The first-order chi connectivity index (χ1) is 8.18. The van der Waals surface area contributed by atoms with E-state index >= 15 is 0 Å². The van der Waals surface area contributed by atoms with Gasteiger partial charge in [0.05, 0.1) is 6.04 Å². The number of hydrogen-bond acceptors (Lipinski definition) is 1. The zero-order chi connectivity index (χ0) is 12.3. The summed E-state index contributed by atoms with van der Waals surface area (Å²) >= 11 is 2.27. The molecule has 1 nitrogen and oxygen atoms in total. The molecule has 1 N–H and O–H groups in total. The Morgan fingerprint density at radius 2 is 1.71 bits per heavy atom. The molecule has 3 heteroatoms. The van der Waals surface area contributed by atoms with Gasteiger partial charge in [-0.15, -0.1) is 0 Å². The maximum absolute atomic E-state index is 13.6. The minimum absolute atomic E-state index is 0.0490. The van der Waals surface area contributed by atoms with E-state index in [4.69, 9.17) is 0 Å².